The highest BCUT2D eigenvalue weighted by molar-refractivity contribution is 5.81. The third-order valence-electron chi connectivity index (χ3n) is 4.26. The number of hydrogen-bond acceptors (Lipinski definition) is 2. The van der Waals surface area contributed by atoms with E-state index in [0.717, 1.165) is 44.5 Å². The molecule has 0 spiro atoms. The van der Waals surface area contributed by atoms with Gasteiger partial charge >= 0.3 is 0 Å². The summed E-state index contributed by atoms with van der Waals surface area (Å²) < 4.78 is 5.26. The van der Waals surface area contributed by atoms with Crippen LogP contribution in [0.2, 0.25) is 0 Å². The van der Waals surface area contributed by atoms with Crippen molar-refractivity contribution < 1.29 is 9.53 Å². The second-order valence-corrected chi connectivity index (χ2v) is 5.63. The van der Waals surface area contributed by atoms with Crippen molar-refractivity contribution in [1.29, 1.82) is 0 Å². The topological polar surface area (TPSA) is 29.5 Å². The van der Waals surface area contributed by atoms with Gasteiger partial charge in [0.25, 0.3) is 0 Å². The highest BCUT2D eigenvalue weighted by Crippen LogP contribution is 2.29. The molecule has 2 aliphatic rings. The molecule has 106 valence electrons. The SMILES string of the molecule is COc1ccc2c(c1)CCC(CC(=O)N1CCCC1)=C2. The largest absolute Gasteiger partial charge is 0.497 e. The van der Waals surface area contributed by atoms with Gasteiger partial charge in [0.05, 0.1) is 7.11 Å². The van der Waals surface area contributed by atoms with Crippen molar-refractivity contribution in [3.05, 3.63) is 34.9 Å². The first-order chi connectivity index (χ1) is 9.76. The number of likely N-dealkylation sites (tertiary alicyclic amines) is 1. The van der Waals surface area contributed by atoms with Gasteiger partial charge in [-0.1, -0.05) is 17.7 Å². The zero-order valence-electron chi connectivity index (χ0n) is 12.0. The number of benzene rings is 1. The minimum atomic E-state index is 0.297. The van der Waals surface area contributed by atoms with Crippen molar-refractivity contribution in [2.45, 2.75) is 32.1 Å². The van der Waals surface area contributed by atoms with Gasteiger partial charge in [-0.2, -0.15) is 0 Å². The Labute approximate surface area is 120 Å². The molecule has 0 atom stereocenters. The Kier molecular flexibility index (Phi) is 3.77. The third-order valence-corrected chi connectivity index (χ3v) is 4.26. The maximum absolute atomic E-state index is 12.2. The van der Waals surface area contributed by atoms with Gasteiger partial charge in [-0.15, -0.1) is 0 Å². The van der Waals surface area contributed by atoms with Crippen molar-refractivity contribution in [2.75, 3.05) is 20.2 Å². The average molecular weight is 271 g/mol. The molecule has 3 rings (SSSR count). The smallest absolute Gasteiger partial charge is 0.226 e. The number of hydrogen-bond donors (Lipinski definition) is 0. The zero-order chi connectivity index (χ0) is 13.9. The molecule has 1 aliphatic carbocycles. The summed E-state index contributed by atoms with van der Waals surface area (Å²) in [6, 6.07) is 6.18. The van der Waals surface area contributed by atoms with Crippen LogP contribution in [0.4, 0.5) is 0 Å². The standard InChI is InChI=1S/C17H21NO2/c1-20-16-7-6-14-10-13(4-5-15(14)12-16)11-17(19)18-8-2-3-9-18/h6-7,10,12H,2-5,8-9,11H2,1H3. The van der Waals surface area contributed by atoms with Crippen LogP contribution in [0, 0.1) is 0 Å². The second-order valence-electron chi connectivity index (χ2n) is 5.63. The fraction of sp³-hybridized carbons (Fsp3) is 0.471. The summed E-state index contributed by atoms with van der Waals surface area (Å²) in [5.74, 6) is 1.21. The highest BCUT2D eigenvalue weighted by Gasteiger charge is 2.20. The maximum atomic E-state index is 12.2. The summed E-state index contributed by atoms with van der Waals surface area (Å²) >= 11 is 0. The Hall–Kier alpha value is -1.77. The molecule has 3 nitrogen and oxygen atoms in total. The van der Waals surface area contributed by atoms with Gasteiger partial charge in [0, 0.05) is 19.5 Å². The van der Waals surface area contributed by atoms with E-state index < -0.39 is 0 Å². The molecule has 0 bridgehead atoms. The van der Waals surface area contributed by atoms with Crippen molar-refractivity contribution in [3.8, 4) is 5.75 Å². The van der Waals surface area contributed by atoms with Crippen LogP contribution in [0.3, 0.4) is 0 Å². The van der Waals surface area contributed by atoms with Crippen LogP contribution in [0.5, 0.6) is 5.75 Å². The van der Waals surface area contributed by atoms with Gasteiger partial charge in [-0.25, -0.2) is 0 Å². The molecule has 1 fully saturated rings. The number of rotatable bonds is 3. The van der Waals surface area contributed by atoms with Crippen LogP contribution in [-0.2, 0) is 11.2 Å². The molecule has 0 aromatic heterocycles. The molecule has 1 aliphatic heterocycles. The molecule has 0 saturated carbocycles. The molecule has 1 heterocycles. The molecule has 1 aromatic carbocycles. The van der Waals surface area contributed by atoms with Crippen LogP contribution in [0.15, 0.2) is 23.8 Å². The van der Waals surface area contributed by atoms with E-state index in [1.165, 1.54) is 16.7 Å². The van der Waals surface area contributed by atoms with Gasteiger partial charge in [0.2, 0.25) is 5.91 Å². The average Bonchev–Trinajstić information content (AvgIpc) is 3.01. The molecule has 0 radical (unpaired) electrons. The van der Waals surface area contributed by atoms with E-state index in [4.69, 9.17) is 4.74 Å². The molecule has 1 amide bonds. The van der Waals surface area contributed by atoms with E-state index in [-0.39, 0.29) is 0 Å². The predicted octanol–water partition coefficient (Wildman–Crippen LogP) is 3.04. The Bertz CT molecular complexity index is 542. The first-order valence-corrected chi connectivity index (χ1v) is 7.40. The van der Waals surface area contributed by atoms with Gasteiger partial charge in [-0.05, 0) is 48.9 Å². The lowest BCUT2D eigenvalue weighted by Crippen LogP contribution is -2.27. The van der Waals surface area contributed by atoms with Crippen molar-refractivity contribution in [3.63, 3.8) is 0 Å². The molecule has 3 heteroatoms. The van der Waals surface area contributed by atoms with Crippen LogP contribution < -0.4 is 4.74 Å². The fourth-order valence-corrected chi connectivity index (χ4v) is 3.07. The summed E-state index contributed by atoms with van der Waals surface area (Å²) in [4.78, 5) is 14.2. The Morgan fingerprint density at radius 3 is 2.80 bits per heavy atom. The zero-order valence-corrected chi connectivity index (χ0v) is 12.0. The van der Waals surface area contributed by atoms with Crippen LogP contribution >= 0.6 is 0 Å². The highest BCUT2D eigenvalue weighted by atomic mass is 16.5. The minimum absolute atomic E-state index is 0.297. The Balaban J connectivity index is 1.72. The first-order valence-electron chi connectivity index (χ1n) is 7.40. The molecular formula is C17H21NO2. The summed E-state index contributed by atoms with van der Waals surface area (Å²) in [6.45, 7) is 1.89. The van der Waals surface area contributed by atoms with Gasteiger partial charge in [0.15, 0.2) is 0 Å². The second kappa shape index (κ2) is 5.70. The van der Waals surface area contributed by atoms with E-state index in [1.54, 1.807) is 7.11 Å². The van der Waals surface area contributed by atoms with Crippen molar-refractivity contribution in [2.24, 2.45) is 0 Å². The number of carbonyl (C=O) groups excluding carboxylic acids is 1. The predicted molar refractivity (Wildman–Crippen MR) is 79.7 cm³/mol. The number of aryl methyl sites for hydroxylation is 1. The normalized spacial score (nSPS) is 17.6. The number of methoxy groups -OCH3 is 1. The molecule has 0 N–H and O–H groups in total. The third kappa shape index (κ3) is 2.72. The summed E-state index contributed by atoms with van der Waals surface area (Å²) in [5, 5.41) is 0. The van der Waals surface area contributed by atoms with Gasteiger partial charge in [0.1, 0.15) is 5.75 Å². The summed E-state index contributed by atoms with van der Waals surface area (Å²) in [7, 11) is 1.69. The minimum Gasteiger partial charge on any atom is -0.497 e. The molecular weight excluding hydrogens is 250 g/mol. The Morgan fingerprint density at radius 1 is 1.25 bits per heavy atom. The number of ether oxygens (including phenoxy) is 1. The molecule has 1 saturated heterocycles. The molecule has 20 heavy (non-hydrogen) atoms. The Morgan fingerprint density at radius 2 is 2.05 bits per heavy atom. The van der Waals surface area contributed by atoms with Crippen molar-refractivity contribution >= 4 is 12.0 Å². The molecule has 0 unspecified atom stereocenters. The number of nitrogens with zero attached hydrogens (tertiary/aromatic N) is 1. The summed E-state index contributed by atoms with van der Waals surface area (Å²) in [5.41, 5.74) is 3.82. The monoisotopic (exact) mass is 271 g/mol. The maximum Gasteiger partial charge on any atom is 0.226 e. The van der Waals surface area contributed by atoms with E-state index in [0.29, 0.717) is 12.3 Å². The fourth-order valence-electron chi connectivity index (χ4n) is 3.07. The van der Waals surface area contributed by atoms with Crippen LogP contribution in [-0.4, -0.2) is 31.0 Å². The summed E-state index contributed by atoms with van der Waals surface area (Å²) in [6.07, 6.45) is 7.09. The lowest BCUT2D eigenvalue weighted by Gasteiger charge is -2.20. The van der Waals surface area contributed by atoms with Crippen LogP contribution in [0.25, 0.3) is 6.08 Å². The van der Waals surface area contributed by atoms with Crippen LogP contribution in [0.1, 0.15) is 36.8 Å². The van der Waals surface area contributed by atoms with Gasteiger partial charge < -0.3 is 9.64 Å². The van der Waals surface area contributed by atoms with E-state index in [2.05, 4.69) is 18.2 Å². The first kappa shape index (κ1) is 13.2. The van der Waals surface area contributed by atoms with E-state index in [9.17, 15) is 4.79 Å². The van der Waals surface area contributed by atoms with E-state index >= 15 is 0 Å². The van der Waals surface area contributed by atoms with Crippen molar-refractivity contribution in [1.82, 2.24) is 4.90 Å². The number of carbonyl (C=O) groups is 1. The number of amides is 1. The quantitative estimate of drug-likeness (QED) is 0.845. The van der Waals surface area contributed by atoms with E-state index in [1.807, 2.05) is 11.0 Å². The lowest BCUT2D eigenvalue weighted by atomic mass is 9.90. The number of fused-ring (bicyclic) bond motifs is 1. The molecule has 1 aromatic rings. The lowest BCUT2D eigenvalue weighted by molar-refractivity contribution is -0.129. The van der Waals surface area contributed by atoms with Gasteiger partial charge in [-0.3, -0.25) is 4.79 Å².